The summed E-state index contributed by atoms with van der Waals surface area (Å²) in [6.45, 7) is 1.83. The van der Waals surface area contributed by atoms with Gasteiger partial charge in [0.15, 0.2) is 0 Å². The molecule has 13 heavy (non-hydrogen) atoms. The van der Waals surface area contributed by atoms with E-state index in [0.717, 1.165) is 25.9 Å². The molecule has 1 saturated heterocycles. The molecule has 1 aliphatic heterocycles. The predicted molar refractivity (Wildman–Crippen MR) is 61.5 cm³/mol. The highest BCUT2D eigenvalue weighted by molar-refractivity contribution is 9.40. The third-order valence-corrected chi connectivity index (χ3v) is 2.76. The summed E-state index contributed by atoms with van der Waals surface area (Å²) in [4.78, 5) is 11.3. The second-order valence-corrected chi connectivity index (χ2v) is 9.61. The number of esters is 1. The molecule has 0 aromatic carbocycles. The fourth-order valence-corrected chi connectivity index (χ4v) is 1.41. The lowest BCUT2D eigenvalue weighted by molar-refractivity contribution is -0.147. The van der Waals surface area contributed by atoms with Crippen molar-refractivity contribution >= 4 is 53.8 Å². The van der Waals surface area contributed by atoms with Crippen LogP contribution in [0.1, 0.15) is 12.8 Å². The SMILES string of the molecule is O=C(OC1CCNCC1)C(Br)(Br)Br. The Balaban J connectivity index is 2.35. The van der Waals surface area contributed by atoms with Crippen molar-refractivity contribution in [2.75, 3.05) is 13.1 Å². The number of carbonyl (C=O) groups excluding carboxylic acids is 1. The molecule has 0 amide bonds. The zero-order valence-corrected chi connectivity index (χ0v) is 11.6. The standard InChI is InChI=1S/C7H10Br3NO2/c8-7(9,10)6(12)13-5-1-3-11-4-2-5/h5,11H,1-4H2. The second kappa shape index (κ2) is 5.09. The van der Waals surface area contributed by atoms with Crippen LogP contribution in [0.4, 0.5) is 0 Å². The topological polar surface area (TPSA) is 38.3 Å². The predicted octanol–water partition coefficient (Wildman–Crippen LogP) is 2.12. The van der Waals surface area contributed by atoms with Crippen LogP contribution in [-0.4, -0.2) is 27.3 Å². The van der Waals surface area contributed by atoms with Crippen LogP contribution >= 0.6 is 47.8 Å². The van der Waals surface area contributed by atoms with Crippen molar-refractivity contribution in [2.45, 2.75) is 21.1 Å². The van der Waals surface area contributed by atoms with E-state index < -0.39 is 2.14 Å². The number of ether oxygens (including phenoxy) is 1. The highest BCUT2D eigenvalue weighted by Crippen LogP contribution is 2.35. The third kappa shape index (κ3) is 4.27. The van der Waals surface area contributed by atoms with Gasteiger partial charge >= 0.3 is 5.97 Å². The van der Waals surface area contributed by atoms with E-state index in [0.29, 0.717) is 0 Å². The van der Waals surface area contributed by atoms with Gasteiger partial charge in [-0.3, -0.25) is 0 Å². The second-order valence-electron chi connectivity index (χ2n) is 2.85. The Kier molecular flexibility index (Phi) is 4.68. The maximum absolute atomic E-state index is 11.3. The molecule has 0 spiro atoms. The summed E-state index contributed by atoms with van der Waals surface area (Å²) >= 11 is 9.34. The van der Waals surface area contributed by atoms with Gasteiger partial charge in [0.25, 0.3) is 0 Å². The summed E-state index contributed by atoms with van der Waals surface area (Å²) in [7, 11) is 0. The van der Waals surface area contributed by atoms with Gasteiger partial charge in [0.2, 0.25) is 2.14 Å². The van der Waals surface area contributed by atoms with Gasteiger partial charge in [-0.25, -0.2) is 4.79 Å². The number of hydrogen-bond donors (Lipinski definition) is 1. The van der Waals surface area contributed by atoms with E-state index in [2.05, 4.69) is 53.1 Å². The molecule has 0 aromatic heterocycles. The maximum atomic E-state index is 11.3. The number of rotatable bonds is 1. The van der Waals surface area contributed by atoms with Gasteiger partial charge in [0.05, 0.1) is 0 Å². The zero-order chi connectivity index (χ0) is 9.90. The molecule has 0 radical (unpaired) electrons. The number of piperidine rings is 1. The van der Waals surface area contributed by atoms with Gasteiger partial charge in [0, 0.05) is 0 Å². The number of carbonyl (C=O) groups is 1. The van der Waals surface area contributed by atoms with Gasteiger partial charge in [-0.2, -0.15) is 0 Å². The van der Waals surface area contributed by atoms with Crippen LogP contribution in [0.2, 0.25) is 0 Å². The Hall–Kier alpha value is 0.870. The molecule has 76 valence electrons. The van der Waals surface area contributed by atoms with Gasteiger partial charge in [0.1, 0.15) is 6.10 Å². The third-order valence-electron chi connectivity index (χ3n) is 1.79. The minimum Gasteiger partial charge on any atom is -0.460 e. The Morgan fingerprint density at radius 1 is 1.31 bits per heavy atom. The first-order valence-corrected chi connectivity index (χ1v) is 6.36. The van der Waals surface area contributed by atoms with Crippen molar-refractivity contribution in [1.82, 2.24) is 5.32 Å². The number of alkyl halides is 3. The highest BCUT2D eigenvalue weighted by Gasteiger charge is 2.32. The summed E-state index contributed by atoms with van der Waals surface area (Å²) < 4.78 is 4.30. The van der Waals surface area contributed by atoms with E-state index in [-0.39, 0.29) is 12.1 Å². The van der Waals surface area contributed by atoms with Gasteiger partial charge < -0.3 is 10.1 Å². The molecule has 0 aliphatic carbocycles. The van der Waals surface area contributed by atoms with Crippen LogP contribution in [0.5, 0.6) is 0 Å². The molecule has 3 nitrogen and oxygen atoms in total. The maximum Gasteiger partial charge on any atom is 0.345 e. The average molecular weight is 380 g/mol. The lowest BCUT2D eigenvalue weighted by Gasteiger charge is -2.24. The number of hydrogen-bond acceptors (Lipinski definition) is 3. The van der Waals surface area contributed by atoms with Crippen LogP contribution in [0.3, 0.4) is 0 Å². The number of halogens is 3. The molecule has 6 heteroatoms. The van der Waals surface area contributed by atoms with Crippen molar-refractivity contribution in [3.8, 4) is 0 Å². The Morgan fingerprint density at radius 3 is 2.31 bits per heavy atom. The summed E-state index contributed by atoms with van der Waals surface area (Å²) in [6.07, 6.45) is 1.81. The first kappa shape index (κ1) is 11.9. The molecule has 0 saturated carbocycles. The Bertz CT molecular complexity index is 187. The van der Waals surface area contributed by atoms with E-state index in [1.807, 2.05) is 0 Å². The largest absolute Gasteiger partial charge is 0.460 e. The molecule has 1 rings (SSSR count). The van der Waals surface area contributed by atoms with Crippen molar-refractivity contribution in [2.24, 2.45) is 0 Å². The molecule has 0 unspecified atom stereocenters. The average Bonchev–Trinajstić information content (AvgIpc) is 2.04. The molecule has 1 heterocycles. The summed E-state index contributed by atoms with van der Waals surface area (Å²) in [5.74, 6) is -0.334. The van der Waals surface area contributed by atoms with Crippen LogP contribution in [0.25, 0.3) is 0 Å². The first-order valence-electron chi connectivity index (χ1n) is 3.98. The Morgan fingerprint density at radius 2 is 1.85 bits per heavy atom. The molecule has 0 bridgehead atoms. The van der Waals surface area contributed by atoms with Crippen molar-refractivity contribution in [3.63, 3.8) is 0 Å². The normalized spacial score (nSPS) is 19.9. The zero-order valence-electron chi connectivity index (χ0n) is 6.86. The lowest BCUT2D eigenvalue weighted by atomic mass is 10.1. The smallest absolute Gasteiger partial charge is 0.345 e. The van der Waals surface area contributed by atoms with Crippen LogP contribution in [0.15, 0.2) is 0 Å². The van der Waals surface area contributed by atoms with Crippen molar-refractivity contribution in [1.29, 1.82) is 0 Å². The minimum absolute atomic E-state index is 0.0424. The molecular weight excluding hydrogens is 370 g/mol. The summed E-state index contributed by atoms with van der Waals surface area (Å²) in [5.41, 5.74) is 0. The molecule has 1 N–H and O–H groups in total. The quantitative estimate of drug-likeness (QED) is 0.560. The summed E-state index contributed by atoms with van der Waals surface area (Å²) in [6, 6.07) is 0. The van der Waals surface area contributed by atoms with Crippen molar-refractivity contribution in [3.05, 3.63) is 0 Å². The van der Waals surface area contributed by atoms with E-state index >= 15 is 0 Å². The molecule has 0 aromatic rings. The minimum atomic E-state index is -0.933. The highest BCUT2D eigenvalue weighted by atomic mass is 80.0. The fourth-order valence-electron chi connectivity index (χ4n) is 1.13. The summed E-state index contributed by atoms with van der Waals surface area (Å²) in [5, 5.41) is 3.20. The van der Waals surface area contributed by atoms with E-state index in [1.165, 1.54) is 0 Å². The van der Waals surface area contributed by atoms with E-state index in [9.17, 15) is 4.79 Å². The van der Waals surface area contributed by atoms with Crippen LogP contribution in [0, 0.1) is 0 Å². The van der Waals surface area contributed by atoms with Crippen LogP contribution < -0.4 is 5.32 Å². The van der Waals surface area contributed by atoms with Gasteiger partial charge in [-0.1, -0.05) is 0 Å². The van der Waals surface area contributed by atoms with Crippen molar-refractivity contribution < 1.29 is 9.53 Å². The van der Waals surface area contributed by atoms with E-state index in [4.69, 9.17) is 4.74 Å². The lowest BCUT2D eigenvalue weighted by Crippen LogP contribution is -2.36. The molecule has 1 aliphatic rings. The molecular formula is C7H10Br3NO2. The van der Waals surface area contributed by atoms with Gasteiger partial charge in [-0.15, -0.1) is 0 Å². The Labute approximate surface area is 102 Å². The molecule has 1 fully saturated rings. The molecule has 0 atom stereocenters. The van der Waals surface area contributed by atoms with Gasteiger partial charge in [-0.05, 0) is 73.7 Å². The monoisotopic (exact) mass is 377 g/mol. The first-order chi connectivity index (χ1) is 6.00. The van der Waals surface area contributed by atoms with Crippen LogP contribution in [-0.2, 0) is 9.53 Å². The fraction of sp³-hybridized carbons (Fsp3) is 0.857. The van der Waals surface area contributed by atoms with E-state index in [1.54, 1.807) is 0 Å². The number of nitrogens with one attached hydrogen (secondary N) is 1.